The molecule has 0 saturated carbocycles. The highest BCUT2D eigenvalue weighted by Gasteiger charge is 2.16. The number of rotatable bonds is 44. The van der Waals surface area contributed by atoms with Crippen molar-refractivity contribution in [1.82, 2.24) is 0 Å². The Labute approximate surface area is 336 Å². The number of ether oxygens (including phenoxy) is 2. The van der Waals surface area contributed by atoms with Gasteiger partial charge in [-0.1, -0.05) is 205 Å². The Morgan fingerprint density at radius 1 is 0.407 bits per heavy atom. The first kappa shape index (κ1) is 52.4. The molecular weight excluding hydrogens is 669 g/mol. The molecule has 0 aliphatic heterocycles. The molecule has 318 valence electrons. The van der Waals surface area contributed by atoms with Gasteiger partial charge in [0.15, 0.2) is 6.10 Å². The lowest BCUT2D eigenvalue weighted by Gasteiger charge is -2.15. The molecule has 1 atom stereocenters. The summed E-state index contributed by atoms with van der Waals surface area (Å²) in [4.78, 5) is 24.4. The highest BCUT2D eigenvalue weighted by molar-refractivity contribution is 5.70. The largest absolute Gasteiger partial charge is 0.462 e. The summed E-state index contributed by atoms with van der Waals surface area (Å²) >= 11 is 0. The minimum absolute atomic E-state index is 0.0630. The van der Waals surface area contributed by atoms with Crippen LogP contribution < -0.4 is 0 Å². The molecule has 0 heterocycles. The van der Waals surface area contributed by atoms with E-state index in [2.05, 4.69) is 38.2 Å². The first-order valence-corrected chi connectivity index (χ1v) is 23.9. The topological polar surface area (TPSA) is 72.8 Å². The molecule has 5 nitrogen and oxygen atoms in total. The van der Waals surface area contributed by atoms with Crippen LogP contribution in [0.2, 0.25) is 0 Å². The number of unbranched alkanes of at least 4 members (excludes halogenated alkanes) is 32. The fraction of sp³-hybridized carbons (Fsp3) is 0.878. The van der Waals surface area contributed by atoms with Gasteiger partial charge in [0.25, 0.3) is 0 Å². The predicted octanol–water partition coefficient (Wildman–Crippen LogP) is 15.4. The van der Waals surface area contributed by atoms with Crippen molar-refractivity contribution in [2.24, 2.45) is 0 Å². The molecule has 0 bridgehead atoms. The molecule has 0 aliphatic rings. The summed E-state index contributed by atoms with van der Waals surface area (Å²) < 4.78 is 10.7. The van der Waals surface area contributed by atoms with Gasteiger partial charge in [0.05, 0.1) is 6.61 Å². The standard InChI is InChI=1S/C49H92O5/c1-3-5-7-9-11-13-15-17-19-21-23-24-26-27-29-31-33-35-37-39-41-43-48(51)53-46-47(45-50)54-49(52)44-42-40-38-36-34-32-30-28-25-22-20-18-16-14-12-10-8-6-4-2/h17-20,47,50H,3-16,21-46H2,1-2H3/t47-/m0/s1. The number of aliphatic hydroxyl groups excluding tert-OH is 1. The average molecular weight is 761 g/mol. The molecule has 54 heavy (non-hydrogen) atoms. The number of carbonyl (C=O) groups is 2. The Hall–Kier alpha value is -1.62. The van der Waals surface area contributed by atoms with Gasteiger partial charge in [-0.25, -0.2) is 0 Å². The van der Waals surface area contributed by atoms with Crippen LogP contribution in [0.4, 0.5) is 0 Å². The molecule has 0 fully saturated rings. The molecule has 0 aromatic heterocycles. The maximum absolute atomic E-state index is 12.2. The fourth-order valence-electron chi connectivity index (χ4n) is 7.07. The predicted molar refractivity (Wildman–Crippen MR) is 233 cm³/mol. The van der Waals surface area contributed by atoms with Crippen LogP contribution in [0.1, 0.15) is 258 Å². The van der Waals surface area contributed by atoms with E-state index in [1.165, 1.54) is 193 Å². The lowest BCUT2D eigenvalue weighted by atomic mass is 10.0. The molecule has 5 heteroatoms. The van der Waals surface area contributed by atoms with E-state index >= 15 is 0 Å². The number of aliphatic hydroxyl groups is 1. The Morgan fingerprint density at radius 3 is 1.00 bits per heavy atom. The Kier molecular flexibility index (Phi) is 44.4. The van der Waals surface area contributed by atoms with E-state index in [1.54, 1.807) is 0 Å². The average Bonchev–Trinajstić information content (AvgIpc) is 3.17. The van der Waals surface area contributed by atoms with E-state index in [4.69, 9.17) is 9.47 Å². The molecule has 1 N–H and O–H groups in total. The zero-order valence-electron chi connectivity index (χ0n) is 36.3. The molecule has 0 spiro atoms. The van der Waals surface area contributed by atoms with Crippen molar-refractivity contribution in [1.29, 1.82) is 0 Å². The SMILES string of the molecule is CCCCCCCCC=CCCCCCCCCCCCCCC(=O)OC[C@H](CO)OC(=O)CCCCCCCCCCCC=CCCCCCCCC. The highest BCUT2D eigenvalue weighted by atomic mass is 16.6. The number of hydrogen-bond acceptors (Lipinski definition) is 5. The molecule has 0 aromatic carbocycles. The minimum atomic E-state index is -0.770. The molecule has 0 aliphatic carbocycles. The second kappa shape index (κ2) is 45.8. The summed E-state index contributed by atoms with van der Waals surface area (Å²) in [6.45, 7) is 4.16. The van der Waals surface area contributed by atoms with Crippen LogP contribution in [-0.4, -0.2) is 36.4 Å². The van der Waals surface area contributed by atoms with Crippen LogP contribution >= 0.6 is 0 Å². The third-order valence-electron chi connectivity index (χ3n) is 10.7. The van der Waals surface area contributed by atoms with Gasteiger partial charge in [0.2, 0.25) is 0 Å². The second-order valence-corrected chi connectivity index (χ2v) is 16.2. The zero-order chi connectivity index (χ0) is 39.3. The summed E-state index contributed by atoms with van der Waals surface area (Å²) in [7, 11) is 0. The maximum Gasteiger partial charge on any atom is 0.306 e. The summed E-state index contributed by atoms with van der Waals surface area (Å²) in [6.07, 6.45) is 55.4. The van der Waals surface area contributed by atoms with Crippen LogP contribution in [-0.2, 0) is 19.1 Å². The lowest BCUT2D eigenvalue weighted by molar-refractivity contribution is -0.161. The van der Waals surface area contributed by atoms with Gasteiger partial charge in [-0.2, -0.15) is 0 Å². The normalized spacial score (nSPS) is 12.3. The molecular formula is C49H92O5. The van der Waals surface area contributed by atoms with Crippen LogP contribution in [0, 0.1) is 0 Å². The van der Waals surface area contributed by atoms with Gasteiger partial charge >= 0.3 is 11.9 Å². The van der Waals surface area contributed by atoms with Crippen molar-refractivity contribution in [3.8, 4) is 0 Å². The van der Waals surface area contributed by atoms with Crippen molar-refractivity contribution >= 4 is 11.9 Å². The molecule has 0 unspecified atom stereocenters. The molecule has 0 aromatic rings. The van der Waals surface area contributed by atoms with Gasteiger partial charge in [-0.15, -0.1) is 0 Å². The van der Waals surface area contributed by atoms with Gasteiger partial charge in [0, 0.05) is 12.8 Å². The third-order valence-corrected chi connectivity index (χ3v) is 10.7. The van der Waals surface area contributed by atoms with Crippen molar-refractivity contribution in [2.45, 2.75) is 264 Å². The van der Waals surface area contributed by atoms with Crippen LogP contribution in [0.25, 0.3) is 0 Å². The van der Waals surface area contributed by atoms with Crippen LogP contribution in [0.5, 0.6) is 0 Å². The van der Waals surface area contributed by atoms with Gasteiger partial charge in [-0.3, -0.25) is 9.59 Å². The Bertz CT molecular complexity index is 821. The van der Waals surface area contributed by atoms with Crippen molar-refractivity contribution in [3.05, 3.63) is 24.3 Å². The van der Waals surface area contributed by atoms with Crippen molar-refractivity contribution in [3.63, 3.8) is 0 Å². The smallest absolute Gasteiger partial charge is 0.306 e. The summed E-state index contributed by atoms with van der Waals surface area (Å²) in [5.74, 6) is -0.582. The zero-order valence-corrected chi connectivity index (χ0v) is 36.3. The number of carbonyl (C=O) groups excluding carboxylic acids is 2. The Morgan fingerprint density at radius 2 is 0.685 bits per heavy atom. The summed E-state index contributed by atoms with van der Waals surface area (Å²) in [5, 5.41) is 9.60. The van der Waals surface area contributed by atoms with Gasteiger partial charge in [-0.05, 0) is 64.2 Å². The number of allylic oxidation sites excluding steroid dienone is 4. The van der Waals surface area contributed by atoms with E-state index in [0.717, 1.165) is 38.5 Å². The third kappa shape index (κ3) is 43.1. The van der Waals surface area contributed by atoms with Gasteiger partial charge in [0.1, 0.15) is 6.61 Å². The van der Waals surface area contributed by atoms with Crippen molar-refractivity contribution < 1.29 is 24.2 Å². The number of hydrogen-bond donors (Lipinski definition) is 1. The second-order valence-electron chi connectivity index (χ2n) is 16.2. The molecule has 0 rings (SSSR count). The van der Waals surface area contributed by atoms with E-state index in [-0.39, 0.29) is 25.2 Å². The summed E-state index contributed by atoms with van der Waals surface area (Å²) in [5.41, 5.74) is 0. The first-order valence-electron chi connectivity index (χ1n) is 23.9. The van der Waals surface area contributed by atoms with E-state index < -0.39 is 6.10 Å². The van der Waals surface area contributed by atoms with Crippen LogP contribution in [0.3, 0.4) is 0 Å². The molecule has 0 radical (unpaired) electrons. The van der Waals surface area contributed by atoms with Crippen LogP contribution in [0.15, 0.2) is 24.3 Å². The van der Waals surface area contributed by atoms with Crippen molar-refractivity contribution in [2.75, 3.05) is 13.2 Å². The lowest BCUT2D eigenvalue weighted by Crippen LogP contribution is -2.28. The quantitative estimate of drug-likeness (QED) is 0.0380. The minimum Gasteiger partial charge on any atom is -0.462 e. The number of esters is 2. The Balaban J connectivity index is 3.48. The molecule has 0 amide bonds. The molecule has 0 saturated heterocycles. The highest BCUT2D eigenvalue weighted by Crippen LogP contribution is 2.15. The monoisotopic (exact) mass is 761 g/mol. The van der Waals surface area contributed by atoms with Gasteiger partial charge < -0.3 is 14.6 Å². The van der Waals surface area contributed by atoms with E-state index in [0.29, 0.717) is 12.8 Å². The fourth-order valence-corrected chi connectivity index (χ4v) is 7.07. The first-order chi connectivity index (χ1) is 26.6. The maximum atomic E-state index is 12.2. The van der Waals surface area contributed by atoms with E-state index in [1.807, 2.05) is 0 Å². The van der Waals surface area contributed by atoms with E-state index in [9.17, 15) is 14.7 Å². The summed E-state index contributed by atoms with van der Waals surface area (Å²) in [6, 6.07) is 0.